The number of likely N-dealkylation sites (tertiary alicyclic amines) is 1. The van der Waals surface area contributed by atoms with Crippen LogP contribution in [-0.2, 0) is 6.42 Å². The van der Waals surface area contributed by atoms with Gasteiger partial charge in [-0.15, -0.1) is 0 Å². The molecule has 4 heterocycles. The molecule has 0 N–H and O–H groups in total. The second-order valence-corrected chi connectivity index (χ2v) is 6.90. The fraction of sp³-hybridized carbons (Fsp3) is 0.333. The maximum absolute atomic E-state index is 12.7. The zero-order chi connectivity index (χ0) is 17.8. The van der Waals surface area contributed by atoms with E-state index in [-0.39, 0.29) is 5.91 Å². The minimum absolute atomic E-state index is 0.0947. The molecule has 132 valence electrons. The third-order valence-electron chi connectivity index (χ3n) is 5.19. The zero-order valence-electron chi connectivity index (χ0n) is 14.7. The van der Waals surface area contributed by atoms with Crippen LogP contribution in [0.2, 0.25) is 0 Å². The SMILES string of the molecule is O=C(c1cccnc1)N1CCC[C@@H](Cc2ccnc3ccncc23)CC1. The Balaban J connectivity index is 1.45. The summed E-state index contributed by atoms with van der Waals surface area (Å²) < 4.78 is 0. The first kappa shape index (κ1) is 16.6. The number of hydrogen-bond donors (Lipinski definition) is 0. The Bertz CT molecular complexity index is 891. The molecule has 4 rings (SSSR count). The Morgan fingerprint density at radius 1 is 1.04 bits per heavy atom. The fourth-order valence-corrected chi connectivity index (χ4v) is 3.78. The summed E-state index contributed by atoms with van der Waals surface area (Å²) in [5, 5.41) is 1.14. The van der Waals surface area contributed by atoms with E-state index in [1.807, 2.05) is 35.5 Å². The molecule has 1 amide bonds. The molecule has 0 unspecified atom stereocenters. The van der Waals surface area contributed by atoms with Crippen molar-refractivity contribution in [3.8, 4) is 0 Å². The van der Waals surface area contributed by atoms with Gasteiger partial charge in [0.25, 0.3) is 5.91 Å². The van der Waals surface area contributed by atoms with Crippen LogP contribution in [0.25, 0.3) is 10.9 Å². The van der Waals surface area contributed by atoms with Gasteiger partial charge in [0.15, 0.2) is 0 Å². The number of rotatable bonds is 3. The number of carbonyl (C=O) groups excluding carboxylic acids is 1. The Morgan fingerprint density at radius 2 is 1.96 bits per heavy atom. The normalized spacial score (nSPS) is 17.8. The summed E-state index contributed by atoms with van der Waals surface area (Å²) in [5.74, 6) is 0.671. The van der Waals surface area contributed by atoms with Gasteiger partial charge in [0.05, 0.1) is 11.1 Å². The second-order valence-electron chi connectivity index (χ2n) is 6.90. The first-order valence-corrected chi connectivity index (χ1v) is 9.18. The van der Waals surface area contributed by atoms with Crippen molar-refractivity contribution in [1.82, 2.24) is 19.9 Å². The molecule has 1 atom stereocenters. The van der Waals surface area contributed by atoms with E-state index in [4.69, 9.17) is 0 Å². The van der Waals surface area contributed by atoms with Gasteiger partial charge in [0.2, 0.25) is 0 Å². The van der Waals surface area contributed by atoms with Crippen LogP contribution < -0.4 is 0 Å². The number of nitrogens with zero attached hydrogens (tertiary/aromatic N) is 4. The average Bonchev–Trinajstić information content (AvgIpc) is 2.94. The molecule has 0 radical (unpaired) electrons. The van der Waals surface area contributed by atoms with Crippen molar-refractivity contribution in [2.45, 2.75) is 25.7 Å². The van der Waals surface area contributed by atoms with E-state index >= 15 is 0 Å². The largest absolute Gasteiger partial charge is 0.339 e. The minimum Gasteiger partial charge on any atom is -0.339 e. The summed E-state index contributed by atoms with van der Waals surface area (Å²) in [6.45, 7) is 1.63. The molecular formula is C21H22N4O. The maximum Gasteiger partial charge on any atom is 0.255 e. The van der Waals surface area contributed by atoms with Crippen LogP contribution in [0.4, 0.5) is 0 Å². The van der Waals surface area contributed by atoms with Crippen molar-refractivity contribution in [1.29, 1.82) is 0 Å². The monoisotopic (exact) mass is 346 g/mol. The molecule has 1 aliphatic heterocycles. The molecule has 0 spiro atoms. The van der Waals surface area contributed by atoms with Crippen molar-refractivity contribution in [3.63, 3.8) is 0 Å². The first-order chi connectivity index (χ1) is 12.8. The van der Waals surface area contributed by atoms with E-state index in [0.717, 1.165) is 49.7 Å². The molecule has 3 aromatic heterocycles. The third kappa shape index (κ3) is 3.57. The smallest absolute Gasteiger partial charge is 0.255 e. The van der Waals surface area contributed by atoms with E-state index in [9.17, 15) is 4.79 Å². The lowest BCUT2D eigenvalue weighted by Crippen LogP contribution is -2.32. The van der Waals surface area contributed by atoms with Crippen LogP contribution in [0.5, 0.6) is 0 Å². The molecule has 0 saturated carbocycles. The van der Waals surface area contributed by atoms with Crippen molar-refractivity contribution in [2.24, 2.45) is 5.92 Å². The van der Waals surface area contributed by atoms with E-state index in [0.29, 0.717) is 11.5 Å². The predicted octanol–water partition coefficient (Wildman–Crippen LogP) is 3.51. The lowest BCUT2D eigenvalue weighted by Gasteiger charge is -2.20. The Labute approximate surface area is 153 Å². The van der Waals surface area contributed by atoms with Crippen molar-refractivity contribution < 1.29 is 4.79 Å². The highest BCUT2D eigenvalue weighted by atomic mass is 16.2. The molecule has 26 heavy (non-hydrogen) atoms. The Kier molecular flexibility index (Phi) is 4.86. The maximum atomic E-state index is 12.7. The summed E-state index contributed by atoms with van der Waals surface area (Å²) in [4.78, 5) is 27.4. The van der Waals surface area contributed by atoms with Crippen molar-refractivity contribution in [2.75, 3.05) is 13.1 Å². The van der Waals surface area contributed by atoms with Gasteiger partial charge in [0, 0.05) is 49.5 Å². The minimum atomic E-state index is 0.0947. The van der Waals surface area contributed by atoms with E-state index < -0.39 is 0 Å². The number of fused-ring (bicyclic) bond motifs is 1. The number of amides is 1. The predicted molar refractivity (Wildman–Crippen MR) is 101 cm³/mol. The van der Waals surface area contributed by atoms with Crippen LogP contribution in [-0.4, -0.2) is 38.8 Å². The summed E-state index contributed by atoms with van der Waals surface area (Å²) in [7, 11) is 0. The van der Waals surface area contributed by atoms with Gasteiger partial charge in [-0.05, 0) is 61.4 Å². The molecule has 1 fully saturated rings. The van der Waals surface area contributed by atoms with Crippen LogP contribution in [0.15, 0.2) is 55.2 Å². The van der Waals surface area contributed by atoms with Gasteiger partial charge < -0.3 is 4.90 Å². The van der Waals surface area contributed by atoms with Gasteiger partial charge in [0.1, 0.15) is 0 Å². The number of carbonyl (C=O) groups is 1. The van der Waals surface area contributed by atoms with Crippen LogP contribution in [0, 0.1) is 5.92 Å². The molecule has 1 saturated heterocycles. The highest BCUT2D eigenvalue weighted by Gasteiger charge is 2.22. The topological polar surface area (TPSA) is 59.0 Å². The van der Waals surface area contributed by atoms with Gasteiger partial charge in [-0.2, -0.15) is 0 Å². The van der Waals surface area contributed by atoms with Crippen LogP contribution in [0.3, 0.4) is 0 Å². The van der Waals surface area contributed by atoms with Gasteiger partial charge >= 0.3 is 0 Å². The molecule has 0 aliphatic carbocycles. The quantitative estimate of drug-likeness (QED) is 0.728. The lowest BCUT2D eigenvalue weighted by atomic mass is 9.92. The number of hydrogen-bond acceptors (Lipinski definition) is 4. The van der Waals surface area contributed by atoms with Crippen LogP contribution >= 0.6 is 0 Å². The highest BCUT2D eigenvalue weighted by Crippen LogP contribution is 2.25. The molecule has 3 aromatic rings. The molecule has 5 nitrogen and oxygen atoms in total. The van der Waals surface area contributed by atoms with Gasteiger partial charge in [-0.1, -0.05) is 0 Å². The Morgan fingerprint density at radius 3 is 2.85 bits per heavy atom. The second kappa shape index (κ2) is 7.60. The third-order valence-corrected chi connectivity index (χ3v) is 5.19. The highest BCUT2D eigenvalue weighted by molar-refractivity contribution is 5.93. The lowest BCUT2D eigenvalue weighted by molar-refractivity contribution is 0.0759. The molecule has 0 aromatic carbocycles. The molecular weight excluding hydrogens is 324 g/mol. The molecule has 1 aliphatic rings. The van der Waals surface area contributed by atoms with E-state index in [1.54, 1.807) is 18.6 Å². The summed E-state index contributed by atoms with van der Waals surface area (Å²) in [5.41, 5.74) is 2.98. The molecule has 5 heteroatoms. The van der Waals surface area contributed by atoms with E-state index in [1.165, 1.54) is 5.56 Å². The van der Waals surface area contributed by atoms with E-state index in [2.05, 4.69) is 21.0 Å². The molecule has 0 bridgehead atoms. The standard InChI is InChI=1S/C21H22N4O/c26-21(18-4-1-8-22-14-18)25-11-2-3-16(7-12-25)13-17-5-10-24-20-6-9-23-15-19(17)20/h1,4-6,8-10,14-16H,2-3,7,11-13H2/t16-/m1/s1. The van der Waals surface area contributed by atoms with Gasteiger partial charge in [-0.25, -0.2) is 0 Å². The summed E-state index contributed by atoms with van der Waals surface area (Å²) in [6, 6.07) is 7.72. The van der Waals surface area contributed by atoms with Crippen molar-refractivity contribution >= 4 is 16.8 Å². The summed E-state index contributed by atoms with van der Waals surface area (Å²) in [6.07, 6.45) is 13.1. The van der Waals surface area contributed by atoms with Crippen LogP contribution in [0.1, 0.15) is 35.2 Å². The van der Waals surface area contributed by atoms with Gasteiger partial charge in [-0.3, -0.25) is 19.7 Å². The summed E-state index contributed by atoms with van der Waals surface area (Å²) >= 11 is 0. The average molecular weight is 346 g/mol. The fourth-order valence-electron chi connectivity index (χ4n) is 3.78. The first-order valence-electron chi connectivity index (χ1n) is 9.18. The zero-order valence-corrected chi connectivity index (χ0v) is 14.7. The Hall–Kier alpha value is -2.82. The number of aromatic nitrogens is 3. The number of pyridine rings is 3. The van der Waals surface area contributed by atoms with Crippen molar-refractivity contribution in [3.05, 3.63) is 66.4 Å².